The van der Waals surface area contributed by atoms with E-state index in [0.717, 1.165) is 18.8 Å². The number of amides is 1. The number of anilines is 1. The Morgan fingerprint density at radius 3 is 2.92 bits per heavy atom. The number of methoxy groups -OCH3 is 1. The minimum atomic E-state index is -0.268. The number of benzene rings is 1. The van der Waals surface area contributed by atoms with Crippen molar-refractivity contribution < 1.29 is 14.1 Å². The van der Waals surface area contributed by atoms with Crippen molar-refractivity contribution in [3.05, 3.63) is 40.5 Å². The molecule has 0 spiro atoms. The second-order valence-corrected chi connectivity index (χ2v) is 6.34. The molecule has 2 heterocycles. The number of aromatic nitrogens is 2. The summed E-state index contributed by atoms with van der Waals surface area (Å²) < 4.78 is 9.98. The molecule has 0 atom stereocenters. The molecule has 7 nitrogen and oxygen atoms in total. The molecule has 25 heavy (non-hydrogen) atoms. The number of nitrogens with zero attached hydrogens (tertiary/aromatic N) is 3. The van der Waals surface area contributed by atoms with Gasteiger partial charge in [-0.25, -0.2) is 0 Å². The third kappa shape index (κ3) is 4.49. The van der Waals surface area contributed by atoms with E-state index >= 15 is 0 Å². The van der Waals surface area contributed by atoms with Crippen LogP contribution < -0.4 is 10.2 Å². The predicted molar refractivity (Wildman–Crippen MR) is 93.7 cm³/mol. The fourth-order valence-corrected chi connectivity index (χ4v) is 3.04. The first-order chi connectivity index (χ1) is 12.2. The van der Waals surface area contributed by atoms with E-state index in [2.05, 4.69) is 20.4 Å². The van der Waals surface area contributed by atoms with Gasteiger partial charge in [-0.15, -0.1) is 0 Å². The Morgan fingerprint density at radius 2 is 2.16 bits per heavy atom. The standard InChI is InChI=1S/C17H21ClN4O3/c1-24-11-15-20-16(25-21-15)10-19-17(23)13-9-12(5-6-14(13)18)22-7-3-2-4-8-22/h5-6,9H,2-4,7-8,10-11H2,1H3,(H,19,23). The van der Waals surface area contributed by atoms with E-state index in [1.54, 1.807) is 13.2 Å². The molecule has 1 aliphatic rings. The van der Waals surface area contributed by atoms with Gasteiger partial charge >= 0.3 is 0 Å². The van der Waals surface area contributed by atoms with Crippen molar-refractivity contribution in [3.8, 4) is 0 Å². The zero-order valence-corrected chi connectivity index (χ0v) is 14.9. The number of nitrogens with one attached hydrogen (secondary N) is 1. The van der Waals surface area contributed by atoms with E-state index in [1.165, 1.54) is 19.3 Å². The van der Waals surface area contributed by atoms with Gasteiger partial charge in [0.05, 0.1) is 17.1 Å². The number of carbonyl (C=O) groups is 1. The van der Waals surface area contributed by atoms with Crippen molar-refractivity contribution in [2.75, 3.05) is 25.1 Å². The number of piperidine rings is 1. The largest absolute Gasteiger partial charge is 0.377 e. The maximum atomic E-state index is 12.5. The van der Waals surface area contributed by atoms with Gasteiger partial charge in [-0.1, -0.05) is 16.8 Å². The molecule has 1 aromatic heterocycles. The summed E-state index contributed by atoms with van der Waals surface area (Å²) in [7, 11) is 1.55. The second-order valence-electron chi connectivity index (χ2n) is 5.93. The Morgan fingerprint density at radius 1 is 1.36 bits per heavy atom. The zero-order valence-electron chi connectivity index (χ0n) is 14.1. The molecule has 3 rings (SSSR count). The van der Waals surface area contributed by atoms with E-state index in [9.17, 15) is 4.79 Å². The molecular weight excluding hydrogens is 344 g/mol. The summed E-state index contributed by atoms with van der Waals surface area (Å²) >= 11 is 6.21. The van der Waals surface area contributed by atoms with Crippen LogP contribution in [0.15, 0.2) is 22.7 Å². The highest BCUT2D eigenvalue weighted by Crippen LogP contribution is 2.25. The van der Waals surface area contributed by atoms with E-state index in [0.29, 0.717) is 22.3 Å². The van der Waals surface area contributed by atoms with Gasteiger partial charge in [0.15, 0.2) is 5.82 Å². The first-order valence-electron chi connectivity index (χ1n) is 8.30. The summed E-state index contributed by atoms with van der Waals surface area (Å²) in [5, 5.41) is 6.94. The highest BCUT2D eigenvalue weighted by Gasteiger charge is 2.16. The van der Waals surface area contributed by atoms with E-state index in [1.807, 2.05) is 12.1 Å². The highest BCUT2D eigenvalue weighted by molar-refractivity contribution is 6.34. The Hall–Kier alpha value is -2.12. The smallest absolute Gasteiger partial charge is 0.253 e. The van der Waals surface area contributed by atoms with Crippen LogP contribution in [-0.2, 0) is 17.9 Å². The maximum Gasteiger partial charge on any atom is 0.253 e. The number of hydrogen-bond acceptors (Lipinski definition) is 6. The fraction of sp³-hybridized carbons (Fsp3) is 0.471. The minimum Gasteiger partial charge on any atom is -0.377 e. The molecule has 1 fully saturated rings. The molecule has 0 aliphatic carbocycles. The van der Waals surface area contributed by atoms with Crippen LogP contribution in [0.3, 0.4) is 0 Å². The Balaban J connectivity index is 1.66. The monoisotopic (exact) mass is 364 g/mol. The van der Waals surface area contributed by atoms with Crippen molar-refractivity contribution >= 4 is 23.2 Å². The summed E-state index contributed by atoms with van der Waals surface area (Å²) in [6.45, 7) is 2.42. The Bertz CT molecular complexity index is 728. The fourth-order valence-electron chi connectivity index (χ4n) is 2.84. The van der Waals surface area contributed by atoms with Crippen LogP contribution in [0.2, 0.25) is 5.02 Å². The number of halogens is 1. The van der Waals surface area contributed by atoms with Gasteiger partial charge < -0.3 is 19.5 Å². The lowest BCUT2D eigenvalue weighted by molar-refractivity contribution is 0.0946. The van der Waals surface area contributed by atoms with Gasteiger partial charge in [0, 0.05) is 25.9 Å². The Labute approximate surface area is 151 Å². The first kappa shape index (κ1) is 17.7. The maximum absolute atomic E-state index is 12.5. The van der Waals surface area contributed by atoms with Gasteiger partial charge in [-0.3, -0.25) is 4.79 Å². The molecule has 1 N–H and O–H groups in total. The third-order valence-corrected chi connectivity index (χ3v) is 4.43. The molecule has 0 saturated carbocycles. The first-order valence-corrected chi connectivity index (χ1v) is 8.68. The molecule has 134 valence electrons. The SMILES string of the molecule is COCc1noc(CNC(=O)c2cc(N3CCCCC3)ccc2Cl)n1. The van der Waals surface area contributed by atoms with E-state index in [4.69, 9.17) is 20.9 Å². The van der Waals surface area contributed by atoms with Crippen molar-refractivity contribution in [1.82, 2.24) is 15.5 Å². The summed E-state index contributed by atoms with van der Waals surface area (Å²) in [6.07, 6.45) is 3.60. The van der Waals surface area contributed by atoms with Gasteiger partial charge in [0.2, 0.25) is 5.89 Å². The lowest BCUT2D eigenvalue weighted by Gasteiger charge is -2.29. The zero-order chi connectivity index (χ0) is 17.6. The number of rotatable bonds is 6. The molecule has 1 aliphatic heterocycles. The summed E-state index contributed by atoms with van der Waals surface area (Å²) in [6, 6.07) is 5.57. The van der Waals surface area contributed by atoms with Crippen LogP contribution in [0, 0.1) is 0 Å². The molecule has 0 unspecified atom stereocenters. The summed E-state index contributed by atoms with van der Waals surface area (Å²) in [5.74, 6) is 0.496. The van der Waals surface area contributed by atoms with Gasteiger partial charge in [-0.2, -0.15) is 4.98 Å². The highest BCUT2D eigenvalue weighted by atomic mass is 35.5. The average Bonchev–Trinajstić information content (AvgIpc) is 3.09. The quantitative estimate of drug-likeness (QED) is 0.848. The van der Waals surface area contributed by atoms with Crippen molar-refractivity contribution in [2.45, 2.75) is 32.4 Å². The average molecular weight is 365 g/mol. The molecule has 0 radical (unpaired) electrons. The lowest BCUT2D eigenvalue weighted by atomic mass is 10.1. The number of ether oxygens (including phenoxy) is 1. The normalized spacial score (nSPS) is 14.6. The van der Waals surface area contributed by atoms with Crippen LogP contribution in [0.5, 0.6) is 0 Å². The van der Waals surface area contributed by atoms with Crippen molar-refractivity contribution in [3.63, 3.8) is 0 Å². The van der Waals surface area contributed by atoms with Crippen molar-refractivity contribution in [2.24, 2.45) is 0 Å². The minimum absolute atomic E-state index is 0.139. The van der Waals surface area contributed by atoms with Gasteiger partial charge in [0.1, 0.15) is 6.61 Å². The molecule has 8 heteroatoms. The molecule has 0 bridgehead atoms. The van der Waals surface area contributed by atoms with E-state index in [-0.39, 0.29) is 19.1 Å². The van der Waals surface area contributed by atoms with Gasteiger partial charge in [-0.05, 0) is 37.5 Å². The molecule has 2 aromatic rings. The predicted octanol–water partition coefficient (Wildman–Crippen LogP) is 2.79. The number of carbonyl (C=O) groups excluding carboxylic acids is 1. The molecule has 1 amide bonds. The molecule has 1 saturated heterocycles. The lowest BCUT2D eigenvalue weighted by Crippen LogP contribution is -2.30. The van der Waals surface area contributed by atoms with Gasteiger partial charge in [0.25, 0.3) is 5.91 Å². The Kier molecular flexibility index (Phi) is 5.88. The van der Waals surface area contributed by atoms with Crippen LogP contribution >= 0.6 is 11.6 Å². The number of hydrogen-bond donors (Lipinski definition) is 1. The molecular formula is C17H21ClN4O3. The van der Waals surface area contributed by atoms with Crippen LogP contribution in [0.4, 0.5) is 5.69 Å². The van der Waals surface area contributed by atoms with E-state index < -0.39 is 0 Å². The van der Waals surface area contributed by atoms with Crippen LogP contribution in [-0.4, -0.2) is 36.2 Å². The second kappa shape index (κ2) is 8.31. The topological polar surface area (TPSA) is 80.5 Å². The third-order valence-electron chi connectivity index (χ3n) is 4.10. The van der Waals surface area contributed by atoms with Crippen molar-refractivity contribution in [1.29, 1.82) is 0 Å². The molecule has 1 aromatic carbocycles. The van der Waals surface area contributed by atoms with Crippen LogP contribution in [0.25, 0.3) is 0 Å². The summed E-state index contributed by atoms with van der Waals surface area (Å²) in [5.41, 5.74) is 1.47. The van der Waals surface area contributed by atoms with Crippen LogP contribution in [0.1, 0.15) is 41.3 Å². The summed E-state index contributed by atoms with van der Waals surface area (Å²) in [4.78, 5) is 18.9.